The van der Waals surface area contributed by atoms with Gasteiger partial charge in [0.1, 0.15) is 11.3 Å². The van der Waals surface area contributed by atoms with Crippen molar-refractivity contribution in [2.24, 2.45) is 5.73 Å². The van der Waals surface area contributed by atoms with Gasteiger partial charge in [0.25, 0.3) is 0 Å². The summed E-state index contributed by atoms with van der Waals surface area (Å²) in [4.78, 5) is 4.40. The summed E-state index contributed by atoms with van der Waals surface area (Å²) < 4.78 is 15.7. The second-order valence-electron chi connectivity index (χ2n) is 4.13. The Bertz CT molecular complexity index is 505. The molecule has 1 aromatic carbocycles. The van der Waals surface area contributed by atoms with E-state index in [1.165, 1.54) is 6.07 Å². The summed E-state index contributed by atoms with van der Waals surface area (Å²) in [6.07, 6.45) is 2.84. The minimum atomic E-state index is -0.241. The van der Waals surface area contributed by atoms with Crippen LogP contribution in [-0.4, -0.2) is 16.1 Å². The molecule has 3 nitrogen and oxygen atoms in total. The van der Waals surface area contributed by atoms with Gasteiger partial charge in [-0.1, -0.05) is 6.07 Å². The minimum absolute atomic E-state index is 0.241. The van der Waals surface area contributed by atoms with Crippen LogP contribution < -0.4 is 5.73 Å². The van der Waals surface area contributed by atoms with Gasteiger partial charge in [-0.2, -0.15) is 0 Å². The van der Waals surface area contributed by atoms with Crippen LogP contribution in [0, 0.1) is 5.82 Å². The van der Waals surface area contributed by atoms with E-state index >= 15 is 0 Å². The maximum absolute atomic E-state index is 13.6. The van der Waals surface area contributed by atoms with Gasteiger partial charge >= 0.3 is 0 Å². The molecule has 0 bridgehead atoms. The molecule has 1 aromatic heterocycles. The van der Waals surface area contributed by atoms with E-state index in [-0.39, 0.29) is 5.82 Å². The van der Waals surface area contributed by atoms with Crippen LogP contribution in [0.2, 0.25) is 0 Å². The van der Waals surface area contributed by atoms with Gasteiger partial charge < -0.3 is 10.3 Å². The zero-order chi connectivity index (χ0) is 12.3. The fraction of sp³-hybridized carbons (Fsp3) is 0.462. The van der Waals surface area contributed by atoms with E-state index in [1.807, 2.05) is 6.07 Å². The van der Waals surface area contributed by atoms with E-state index in [0.29, 0.717) is 12.1 Å². The molecular weight excluding hydrogens is 217 g/mol. The standard InChI is InChI=1S/C13H18FN3/c1-2-17-11-7-5-6-10(14)13(11)16-12(17)8-3-4-9-15/h5-7H,2-4,8-9,15H2,1H3. The predicted molar refractivity (Wildman–Crippen MR) is 67.4 cm³/mol. The Morgan fingerprint density at radius 1 is 1.35 bits per heavy atom. The third-order valence-electron chi connectivity index (χ3n) is 2.98. The Balaban J connectivity index is 2.38. The molecule has 0 radical (unpaired) electrons. The lowest BCUT2D eigenvalue weighted by atomic mass is 10.2. The molecule has 0 fully saturated rings. The molecular formula is C13H18FN3. The van der Waals surface area contributed by atoms with Crippen molar-refractivity contribution in [2.75, 3.05) is 6.54 Å². The van der Waals surface area contributed by atoms with Crippen LogP contribution in [0.3, 0.4) is 0 Å². The smallest absolute Gasteiger partial charge is 0.151 e. The molecule has 4 heteroatoms. The van der Waals surface area contributed by atoms with Crippen LogP contribution in [-0.2, 0) is 13.0 Å². The zero-order valence-corrected chi connectivity index (χ0v) is 10.1. The van der Waals surface area contributed by atoms with E-state index < -0.39 is 0 Å². The molecule has 2 aromatic rings. The number of halogens is 1. The molecule has 0 saturated carbocycles. The van der Waals surface area contributed by atoms with Gasteiger partial charge in [-0.25, -0.2) is 9.37 Å². The van der Waals surface area contributed by atoms with Crippen LogP contribution in [0.4, 0.5) is 4.39 Å². The molecule has 92 valence electrons. The zero-order valence-electron chi connectivity index (χ0n) is 10.1. The van der Waals surface area contributed by atoms with Crippen molar-refractivity contribution < 1.29 is 4.39 Å². The molecule has 0 unspecified atom stereocenters. The van der Waals surface area contributed by atoms with Crippen molar-refractivity contribution >= 4 is 11.0 Å². The number of imidazole rings is 1. The number of nitrogens with zero attached hydrogens (tertiary/aromatic N) is 2. The third-order valence-corrected chi connectivity index (χ3v) is 2.98. The summed E-state index contributed by atoms with van der Waals surface area (Å²) in [5, 5.41) is 0. The van der Waals surface area contributed by atoms with E-state index in [2.05, 4.69) is 16.5 Å². The summed E-state index contributed by atoms with van der Waals surface area (Å²) in [7, 11) is 0. The first kappa shape index (κ1) is 12.0. The first-order valence-electron chi connectivity index (χ1n) is 6.11. The molecule has 2 N–H and O–H groups in total. The highest BCUT2D eigenvalue weighted by Crippen LogP contribution is 2.20. The van der Waals surface area contributed by atoms with Crippen LogP contribution >= 0.6 is 0 Å². The summed E-state index contributed by atoms with van der Waals surface area (Å²) >= 11 is 0. The number of para-hydroxylation sites is 1. The van der Waals surface area contributed by atoms with Crippen LogP contribution in [0.25, 0.3) is 11.0 Å². The topological polar surface area (TPSA) is 43.8 Å². The van der Waals surface area contributed by atoms with E-state index in [1.54, 1.807) is 6.07 Å². The first-order chi connectivity index (χ1) is 8.27. The normalized spacial score (nSPS) is 11.2. The highest BCUT2D eigenvalue weighted by molar-refractivity contribution is 5.76. The number of benzene rings is 1. The molecule has 2 rings (SSSR count). The summed E-state index contributed by atoms with van der Waals surface area (Å²) in [6, 6.07) is 5.11. The maximum atomic E-state index is 13.6. The number of fused-ring (bicyclic) bond motifs is 1. The minimum Gasteiger partial charge on any atom is -0.330 e. The lowest BCUT2D eigenvalue weighted by Crippen LogP contribution is -2.04. The largest absolute Gasteiger partial charge is 0.330 e. The van der Waals surface area contributed by atoms with Gasteiger partial charge in [-0.05, 0) is 38.4 Å². The highest BCUT2D eigenvalue weighted by Gasteiger charge is 2.11. The number of hydrogen-bond acceptors (Lipinski definition) is 2. The maximum Gasteiger partial charge on any atom is 0.151 e. The molecule has 0 amide bonds. The predicted octanol–water partition coefficient (Wildman–Crippen LogP) is 2.48. The first-order valence-corrected chi connectivity index (χ1v) is 6.11. The van der Waals surface area contributed by atoms with Crippen molar-refractivity contribution in [3.8, 4) is 0 Å². The van der Waals surface area contributed by atoms with Crippen molar-refractivity contribution in [2.45, 2.75) is 32.7 Å². The van der Waals surface area contributed by atoms with Gasteiger partial charge in [-0.3, -0.25) is 0 Å². The Labute approximate surface area is 100 Å². The Morgan fingerprint density at radius 2 is 2.18 bits per heavy atom. The monoisotopic (exact) mass is 235 g/mol. The van der Waals surface area contributed by atoms with E-state index in [9.17, 15) is 4.39 Å². The number of unbranched alkanes of at least 4 members (excludes halogenated alkanes) is 1. The van der Waals surface area contributed by atoms with E-state index in [4.69, 9.17) is 5.73 Å². The van der Waals surface area contributed by atoms with Crippen LogP contribution in [0.1, 0.15) is 25.6 Å². The van der Waals surface area contributed by atoms with Gasteiger partial charge in [0.15, 0.2) is 5.82 Å². The van der Waals surface area contributed by atoms with Crippen LogP contribution in [0.15, 0.2) is 18.2 Å². The van der Waals surface area contributed by atoms with Crippen molar-refractivity contribution in [3.63, 3.8) is 0 Å². The lowest BCUT2D eigenvalue weighted by Gasteiger charge is -2.05. The quantitative estimate of drug-likeness (QED) is 0.809. The fourth-order valence-electron chi connectivity index (χ4n) is 2.13. The Morgan fingerprint density at radius 3 is 2.88 bits per heavy atom. The summed E-state index contributed by atoms with van der Waals surface area (Å²) in [5.41, 5.74) is 6.84. The molecule has 0 spiro atoms. The van der Waals surface area contributed by atoms with Gasteiger partial charge in [0.2, 0.25) is 0 Å². The third kappa shape index (κ3) is 2.31. The van der Waals surface area contributed by atoms with Crippen molar-refractivity contribution in [1.82, 2.24) is 9.55 Å². The average Bonchev–Trinajstić information content (AvgIpc) is 2.69. The molecule has 0 saturated heterocycles. The number of aromatic nitrogens is 2. The molecule has 17 heavy (non-hydrogen) atoms. The fourth-order valence-corrected chi connectivity index (χ4v) is 2.13. The lowest BCUT2D eigenvalue weighted by molar-refractivity contribution is 0.636. The summed E-state index contributed by atoms with van der Waals surface area (Å²) in [5.74, 6) is 0.718. The number of rotatable bonds is 5. The Hall–Kier alpha value is -1.42. The molecule has 0 aliphatic carbocycles. The number of nitrogens with two attached hydrogens (primary N) is 1. The number of aryl methyl sites for hydroxylation is 2. The second kappa shape index (κ2) is 5.27. The SMILES string of the molecule is CCn1c(CCCCN)nc2c(F)cccc21. The van der Waals surface area contributed by atoms with Crippen molar-refractivity contribution in [1.29, 1.82) is 0 Å². The van der Waals surface area contributed by atoms with Gasteiger partial charge in [0.05, 0.1) is 5.52 Å². The molecule has 0 atom stereocenters. The molecule has 0 aliphatic heterocycles. The Kier molecular flexibility index (Phi) is 3.74. The highest BCUT2D eigenvalue weighted by atomic mass is 19.1. The van der Waals surface area contributed by atoms with Crippen LogP contribution in [0.5, 0.6) is 0 Å². The van der Waals surface area contributed by atoms with E-state index in [0.717, 1.165) is 37.1 Å². The molecule has 0 aliphatic rings. The summed E-state index contributed by atoms with van der Waals surface area (Å²) in [6.45, 7) is 3.57. The second-order valence-corrected chi connectivity index (χ2v) is 4.13. The molecule has 1 heterocycles. The van der Waals surface area contributed by atoms with Crippen molar-refractivity contribution in [3.05, 3.63) is 29.8 Å². The average molecular weight is 235 g/mol. The van der Waals surface area contributed by atoms with Gasteiger partial charge in [-0.15, -0.1) is 0 Å². The number of hydrogen-bond donors (Lipinski definition) is 1. The van der Waals surface area contributed by atoms with Gasteiger partial charge in [0, 0.05) is 13.0 Å².